The number of rotatable bonds is 4. The van der Waals surface area contributed by atoms with Gasteiger partial charge in [-0.3, -0.25) is 0 Å². The molecule has 0 spiro atoms. The summed E-state index contributed by atoms with van der Waals surface area (Å²) in [6, 6.07) is 10.1. The maximum absolute atomic E-state index is 5.45. The van der Waals surface area contributed by atoms with Gasteiger partial charge in [-0.25, -0.2) is 0 Å². The Balaban J connectivity index is 1.76. The van der Waals surface area contributed by atoms with Gasteiger partial charge in [0.15, 0.2) is 11.5 Å². The summed E-state index contributed by atoms with van der Waals surface area (Å²) in [6.45, 7) is 5.14. The number of anilines is 1. The standard InChI is InChI=1S/C17H19NO3/c1-11-4-6-14(12(2)17(11)19-3)18-9-13-5-7-15-16(8-13)21-10-20-15/h4-8,18H,9-10H2,1-3H3. The van der Waals surface area contributed by atoms with Gasteiger partial charge < -0.3 is 19.5 Å². The van der Waals surface area contributed by atoms with Crippen molar-refractivity contribution in [2.45, 2.75) is 20.4 Å². The highest BCUT2D eigenvalue weighted by Crippen LogP contribution is 2.33. The summed E-state index contributed by atoms with van der Waals surface area (Å²) < 4.78 is 16.2. The molecule has 4 nitrogen and oxygen atoms in total. The molecule has 2 aromatic carbocycles. The number of aryl methyl sites for hydroxylation is 1. The molecule has 0 unspecified atom stereocenters. The first-order valence-electron chi connectivity index (χ1n) is 6.95. The molecule has 1 aliphatic rings. The Bertz CT molecular complexity index is 667. The van der Waals surface area contributed by atoms with E-state index in [1.54, 1.807) is 7.11 Å². The van der Waals surface area contributed by atoms with E-state index in [-0.39, 0.29) is 0 Å². The van der Waals surface area contributed by atoms with Crippen LogP contribution in [-0.4, -0.2) is 13.9 Å². The molecule has 3 rings (SSSR count). The average Bonchev–Trinajstić information content (AvgIpc) is 2.94. The quantitative estimate of drug-likeness (QED) is 0.930. The van der Waals surface area contributed by atoms with Gasteiger partial charge in [0, 0.05) is 17.8 Å². The summed E-state index contributed by atoms with van der Waals surface area (Å²) in [5, 5.41) is 3.45. The molecule has 0 saturated carbocycles. The van der Waals surface area contributed by atoms with E-state index in [9.17, 15) is 0 Å². The molecule has 1 aliphatic heterocycles. The van der Waals surface area contributed by atoms with Crippen molar-refractivity contribution < 1.29 is 14.2 Å². The van der Waals surface area contributed by atoms with Crippen LogP contribution in [0.4, 0.5) is 5.69 Å². The Hall–Kier alpha value is -2.36. The van der Waals surface area contributed by atoms with Crippen LogP contribution in [0.15, 0.2) is 30.3 Å². The molecule has 0 bridgehead atoms. The Morgan fingerprint density at radius 3 is 2.71 bits per heavy atom. The Morgan fingerprint density at radius 1 is 1.10 bits per heavy atom. The molecule has 0 amide bonds. The van der Waals surface area contributed by atoms with Crippen LogP contribution in [0.2, 0.25) is 0 Å². The van der Waals surface area contributed by atoms with Gasteiger partial charge in [0.2, 0.25) is 6.79 Å². The molecule has 21 heavy (non-hydrogen) atoms. The van der Waals surface area contributed by atoms with E-state index in [1.807, 2.05) is 25.1 Å². The van der Waals surface area contributed by atoms with E-state index >= 15 is 0 Å². The van der Waals surface area contributed by atoms with Crippen LogP contribution in [0, 0.1) is 13.8 Å². The Labute approximate surface area is 124 Å². The van der Waals surface area contributed by atoms with Crippen LogP contribution in [0.3, 0.4) is 0 Å². The van der Waals surface area contributed by atoms with Gasteiger partial charge in [-0.15, -0.1) is 0 Å². The number of nitrogens with one attached hydrogen (secondary N) is 1. The number of ether oxygens (including phenoxy) is 3. The predicted octanol–water partition coefficient (Wildman–Crippen LogP) is 3.65. The highest BCUT2D eigenvalue weighted by atomic mass is 16.7. The van der Waals surface area contributed by atoms with Crippen LogP contribution in [-0.2, 0) is 6.54 Å². The van der Waals surface area contributed by atoms with E-state index in [4.69, 9.17) is 14.2 Å². The molecule has 0 fully saturated rings. The largest absolute Gasteiger partial charge is 0.496 e. The SMILES string of the molecule is COc1c(C)ccc(NCc2ccc3c(c2)OCO3)c1C. The van der Waals surface area contributed by atoms with Crippen LogP contribution >= 0.6 is 0 Å². The van der Waals surface area contributed by atoms with Crippen molar-refractivity contribution in [1.82, 2.24) is 0 Å². The fraction of sp³-hybridized carbons (Fsp3) is 0.294. The van der Waals surface area contributed by atoms with Crippen molar-refractivity contribution in [2.75, 3.05) is 19.2 Å². The highest BCUT2D eigenvalue weighted by molar-refractivity contribution is 5.60. The topological polar surface area (TPSA) is 39.7 Å². The maximum atomic E-state index is 5.45. The number of hydrogen-bond donors (Lipinski definition) is 1. The summed E-state index contributed by atoms with van der Waals surface area (Å²) >= 11 is 0. The van der Waals surface area contributed by atoms with Crippen molar-refractivity contribution in [1.29, 1.82) is 0 Å². The minimum absolute atomic E-state index is 0.306. The molecule has 1 N–H and O–H groups in total. The van der Waals surface area contributed by atoms with Gasteiger partial charge in [0.25, 0.3) is 0 Å². The van der Waals surface area contributed by atoms with E-state index in [0.717, 1.165) is 46.2 Å². The summed E-state index contributed by atoms with van der Waals surface area (Å²) in [6.07, 6.45) is 0. The molecular formula is C17H19NO3. The van der Waals surface area contributed by atoms with Crippen molar-refractivity contribution in [3.63, 3.8) is 0 Å². The van der Waals surface area contributed by atoms with Crippen molar-refractivity contribution >= 4 is 5.69 Å². The Morgan fingerprint density at radius 2 is 1.90 bits per heavy atom. The molecule has 4 heteroatoms. The fourth-order valence-electron chi connectivity index (χ4n) is 2.58. The smallest absolute Gasteiger partial charge is 0.231 e. The lowest BCUT2D eigenvalue weighted by molar-refractivity contribution is 0.174. The lowest BCUT2D eigenvalue weighted by atomic mass is 10.1. The third kappa shape index (κ3) is 2.61. The normalized spacial score (nSPS) is 12.3. The third-order valence-electron chi connectivity index (χ3n) is 3.73. The van der Waals surface area contributed by atoms with Gasteiger partial charge in [0.1, 0.15) is 5.75 Å². The van der Waals surface area contributed by atoms with Crippen LogP contribution in [0.25, 0.3) is 0 Å². The highest BCUT2D eigenvalue weighted by Gasteiger charge is 2.13. The Kier molecular flexibility index (Phi) is 3.60. The first-order chi connectivity index (χ1) is 10.2. The van der Waals surface area contributed by atoms with Gasteiger partial charge in [-0.2, -0.15) is 0 Å². The molecule has 2 aromatic rings. The van der Waals surface area contributed by atoms with E-state index in [1.165, 1.54) is 0 Å². The van der Waals surface area contributed by atoms with Gasteiger partial charge in [0.05, 0.1) is 7.11 Å². The lowest BCUT2D eigenvalue weighted by Gasteiger charge is -2.15. The minimum atomic E-state index is 0.306. The molecule has 0 atom stereocenters. The zero-order valence-corrected chi connectivity index (χ0v) is 12.5. The summed E-state index contributed by atoms with van der Waals surface area (Å²) in [5.41, 5.74) is 4.50. The third-order valence-corrected chi connectivity index (χ3v) is 3.73. The van der Waals surface area contributed by atoms with E-state index in [2.05, 4.69) is 24.4 Å². The number of benzene rings is 2. The fourth-order valence-corrected chi connectivity index (χ4v) is 2.58. The molecule has 110 valence electrons. The van der Waals surface area contributed by atoms with Crippen LogP contribution < -0.4 is 19.5 Å². The zero-order valence-electron chi connectivity index (χ0n) is 12.5. The van der Waals surface area contributed by atoms with Crippen molar-refractivity contribution in [2.24, 2.45) is 0 Å². The van der Waals surface area contributed by atoms with E-state index in [0.29, 0.717) is 6.79 Å². The molecular weight excluding hydrogens is 266 g/mol. The molecule has 1 heterocycles. The van der Waals surface area contributed by atoms with E-state index < -0.39 is 0 Å². The monoisotopic (exact) mass is 285 g/mol. The van der Waals surface area contributed by atoms with Crippen molar-refractivity contribution in [3.05, 3.63) is 47.0 Å². The number of hydrogen-bond acceptors (Lipinski definition) is 4. The first kappa shape index (κ1) is 13.6. The second-order valence-electron chi connectivity index (χ2n) is 5.13. The van der Waals surface area contributed by atoms with Crippen molar-refractivity contribution in [3.8, 4) is 17.2 Å². The molecule has 0 aliphatic carbocycles. The van der Waals surface area contributed by atoms with Crippen LogP contribution in [0.1, 0.15) is 16.7 Å². The lowest BCUT2D eigenvalue weighted by Crippen LogP contribution is -2.03. The van der Waals surface area contributed by atoms with Gasteiger partial charge >= 0.3 is 0 Å². The maximum Gasteiger partial charge on any atom is 0.231 e. The first-order valence-corrected chi connectivity index (χ1v) is 6.95. The average molecular weight is 285 g/mol. The van der Waals surface area contributed by atoms with Crippen LogP contribution in [0.5, 0.6) is 17.2 Å². The zero-order chi connectivity index (χ0) is 14.8. The second kappa shape index (κ2) is 5.56. The summed E-state index contributed by atoms with van der Waals surface area (Å²) in [7, 11) is 1.71. The minimum Gasteiger partial charge on any atom is -0.496 e. The molecule has 0 aromatic heterocycles. The molecule has 0 saturated heterocycles. The second-order valence-corrected chi connectivity index (χ2v) is 5.13. The number of fused-ring (bicyclic) bond motifs is 1. The summed E-state index contributed by atoms with van der Waals surface area (Å²) in [5.74, 6) is 2.56. The predicted molar refractivity (Wildman–Crippen MR) is 82.4 cm³/mol. The summed E-state index contributed by atoms with van der Waals surface area (Å²) in [4.78, 5) is 0. The number of methoxy groups -OCH3 is 1. The van der Waals surface area contributed by atoms with Gasteiger partial charge in [-0.1, -0.05) is 12.1 Å². The van der Waals surface area contributed by atoms with Gasteiger partial charge in [-0.05, 0) is 43.2 Å². The molecule has 0 radical (unpaired) electrons.